The lowest BCUT2D eigenvalue weighted by Gasteiger charge is -2.15. The van der Waals surface area contributed by atoms with Crippen LogP contribution >= 0.6 is 0 Å². The molecule has 0 amide bonds. The van der Waals surface area contributed by atoms with Gasteiger partial charge in [0.05, 0.1) is 1.37 Å². The fourth-order valence-corrected chi connectivity index (χ4v) is 3.71. The predicted octanol–water partition coefficient (Wildman–Crippen LogP) is 6.05. The van der Waals surface area contributed by atoms with Crippen molar-refractivity contribution in [2.24, 2.45) is 0 Å². The summed E-state index contributed by atoms with van der Waals surface area (Å²) in [4.78, 5) is 0. The average Bonchev–Trinajstić information content (AvgIpc) is 2.55. The highest BCUT2D eigenvalue weighted by Crippen LogP contribution is 2.40. The van der Waals surface area contributed by atoms with Crippen LogP contribution in [-0.2, 0) is 0 Å². The standard InChI is InChI=1S/C21H14/c1-13-11-12-19-17-9-3-6-14-5-2-8-16(20(14)17)18-10-4-7-15(13)21(18)19/h2-12H,1H3/i5T. The molecule has 0 heteroatoms. The monoisotopic (exact) mass is 268 g/mol. The summed E-state index contributed by atoms with van der Waals surface area (Å²) in [6.45, 7) is 2.17. The fourth-order valence-electron chi connectivity index (χ4n) is 3.71. The topological polar surface area (TPSA) is 0 Å². The van der Waals surface area contributed by atoms with Gasteiger partial charge >= 0.3 is 0 Å². The summed E-state index contributed by atoms with van der Waals surface area (Å²) in [6, 6.07) is 21.9. The molecule has 0 aromatic heterocycles. The van der Waals surface area contributed by atoms with Gasteiger partial charge < -0.3 is 0 Å². The molecule has 0 saturated carbocycles. The lowest BCUT2D eigenvalue weighted by molar-refractivity contribution is 1.55. The number of aryl methyl sites for hydroxylation is 1. The first-order valence-corrected chi connectivity index (χ1v) is 7.31. The van der Waals surface area contributed by atoms with Crippen molar-refractivity contribution in [2.45, 2.75) is 6.92 Å². The molecule has 0 bridgehead atoms. The minimum atomic E-state index is 0.600. The summed E-state index contributed by atoms with van der Waals surface area (Å²) >= 11 is 0. The van der Waals surface area contributed by atoms with E-state index >= 15 is 0 Å². The Bertz CT molecular complexity index is 1070. The van der Waals surface area contributed by atoms with E-state index in [9.17, 15) is 0 Å². The third kappa shape index (κ3) is 1.30. The van der Waals surface area contributed by atoms with Crippen molar-refractivity contribution >= 4 is 43.1 Å². The number of rotatable bonds is 0. The predicted molar refractivity (Wildman–Crippen MR) is 92.4 cm³/mol. The Morgan fingerprint density at radius 2 is 1.24 bits per heavy atom. The third-order valence-corrected chi connectivity index (χ3v) is 4.66. The maximum absolute atomic E-state index is 8.22. The van der Waals surface area contributed by atoms with Crippen LogP contribution in [-0.4, -0.2) is 0 Å². The van der Waals surface area contributed by atoms with Crippen LogP contribution in [0.15, 0.2) is 66.7 Å². The van der Waals surface area contributed by atoms with Crippen molar-refractivity contribution in [3.63, 3.8) is 0 Å². The Labute approximate surface area is 124 Å². The van der Waals surface area contributed by atoms with Crippen molar-refractivity contribution in [3.05, 3.63) is 72.3 Å². The minimum Gasteiger partial charge on any atom is -0.0610 e. The first-order valence-electron chi connectivity index (χ1n) is 7.81. The highest BCUT2D eigenvalue weighted by atomic mass is 14.2. The number of hydrogen-bond donors (Lipinski definition) is 0. The molecule has 0 fully saturated rings. The highest BCUT2D eigenvalue weighted by Gasteiger charge is 2.12. The van der Waals surface area contributed by atoms with Gasteiger partial charge in [0.15, 0.2) is 0 Å². The SMILES string of the molecule is [3H]c1ccc2c3cccc4c(C)ccc(c5cccc1c25)c43. The van der Waals surface area contributed by atoms with Gasteiger partial charge in [0.1, 0.15) is 0 Å². The van der Waals surface area contributed by atoms with Crippen molar-refractivity contribution in [1.82, 2.24) is 0 Å². The van der Waals surface area contributed by atoms with Crippen LogP contribution in [0.3, 0.4) is 0 Å². The van der Waals surface area contributed by atoms with E-state index in [1.54, 1.807) is 0 Å². The van der Waals surface area contributed by atoms with E-state index in [0.717, 1.165) is 5.39 Å². The Kier molecular flexibility index (Phi) is 1.81. The van der Waals surface area contributed by atoms with E-state index in [2.05, 4.69) is 61.5 Å². The molecule has 0 radical (unpaired) electrons. The van der Waals surface area contributed by atoms with E-state index < -0.39 is 0 Å². The molecule has 0 N–H and O–H groups in total. The Hall–Kier alpha value is -2.60. The van der Waals surface area contributed by atoms with Gasteiger partial charge in [0.25, 0.3) is 0 Å². The molecule has 0 spiro atoms. The van der Waals surface area contributed by atoms with Crippen molar-refractivity contribution < 1.29 is 1.37 Å². The maximum atomic E-state index is 8.22. The Morgan fingerprint density at radius 1 is 0.619 bits per heavy atom. The van der Waals surface area contributed by atoms with Gasteiger partial charge in [-0.2, -0.15) is 0 Å². The van der Waals surface area contributed by atoms with Crippen LogP contribution in [0.25, 0.3) is 43.1 Å². The van der Waals surface area contributed by atoms with Gasteiger partial charge in [-0.3, -0.25) is 0 Å². The largest absolute Gasteiger partial charge is 0.0629 e. The highest BCUT2D eigenvalue weighted by molar-refractivity contribution is 6.33. The summed E-state index contributed by atoms with van der Waals surface area (Å²) in [7, 11) is 0. The summed E-state index contributed by atoms with van der Waals surface area (Å²) in [5, 5.41) is 10.0. The molecular weight excluding hydrogens is 252 g/mol. The molecule has 0 atom stereocenters. The molecule has 0 aliphatic carbocycles. The number of benzene rings is 5. The maximum Gasteiger partial charge on any atom is 0.0629 e. The second-order valence-electron chi connectivity index (χ2n) is 5.78. The van der Waals surface area contributed by atoms with E-state index in [-0.39, 0.29) is 0 Å². The van der Waals surface area contributed by atoms with Crippen molar-refractivity contribution in [1.29, 1.82) is 0 Å². The summed E-state index contributed by atoms with van der Waals surface area (Å²) in [5.74, 6) is 0. The van der Waals surface area contributed by atoms with Crippen LogP contribution in [0, 0.1) is 6.92 Å². The molecule has 5 aromatic rings. The zero-order chi connectivity index (χ0) is 14.8. The van der Waals surface area contributed by atoms with Crippen molar-refractivity contribution in [3.8, 4) is 0 Å². The van der Waals surface area contributed by atoms with E-state index in [4.69, 9.17) is 1.37 Å². The average molecular weight is 268 g/mol. The third-order valence-electron chi connectivity index (χ3n) is 4.66. The number of hydrogen-bond acceptors (Lipinski definition) is 0. The zero-order valence-electron chi connectivity index (χ0n) is 12.8. The van der Waals surface area contributed by atoms with Gasteiger partial charge in [0, 0.05) is 0 Å². The Morgan fingerprint density at radius 3 is 2.10 bits per heavy atom. The number of fused-ring (bicyclic) bond motifs is 2. The first-order chi connectivity index (χ1) is 10.8. The smallest absolute Gasteiger partial charge is 0.0610 e. The van der Waals surface area contributed by atoms with Crippen LogP contribution in [0.1, 0.15) is 6.93 Å². The molecule has 98 valence electrons. The van der Waals surface area contributed by atoms with E-state index in [0.29, 0.717) is 6.04 Å². The van der Waals surface area contributed by atoms with Gasteiger partial charge in [-0.15, -0.1) is 0 Å². The van der Waals surface area contributed by atoms with E-state index in [1.165, 1.54) is 43.3 Å². The normalized spacial score (nSPS) is 12.7. The quantitative estimate of drug-likeness (QED) is 0.237. The van der Waals surface area contributed by atoms with Crippen LogP contribution < -0.4 is 0 Å². The zero-order valence-corrected chi connectivity index (χ0v) is 11.8. The molecular formula is C21H14. The molecule has 0 aliphatic heterocycles. The first kappa shape index (κ1) is 10.2. The van der Waals surface area contributed by atoms with Crippen LogP contribution in [0.5, 0.6) is 0 Å². The Balaban J connectivity index is 2.28. The molecule has 0 heterocycles. The van der Waals surface area contributed by atoms with Crippen molar-refractivity contribution in [2.75, 3.05) is 0 Å². The van der Waals surface area contributed by atoms with Crippen LogP contribution in [0.4, 0.5) is 0 Å². The fraction of sp³-hybridized carbons (Fsp3) is 0.0476. The van der Waals surface area contributed by atoms with Gasteiger partial charge in [-0.25, -0.2) is 0 Å². The molecule has 0 nitrogen and oxygen atoms in total. The summed E-state index contributed by atoms with van der Waals surface area (Å²) in [6.07, 6.45) is 0. The molecule has 0 unspecified atom stereocenters. The second-order valence-corrected chi connectivity index (χ2v) is 5.78. The summed E-state index contributed by atoms with van der Waals surface area (Å²) < 4.78 is 8.22. The second kappa shape index (κ2) is 3.73. The van der Waals surface area contributed by atoms with E-state index in [1.807, 2.05) is 6.07 Å². The van der Waals surface area contributed by atoms with Gasteiger partial charge in [-0.05, 0) is 55.6 Å². The van der Waals surface area contributed by atoms with Gasteiger partial charge in [-0.1, -0.05) is 66.7 Å². The molecule has 21 heavy (non-hydrogen) atoms. The molecule has 0 saturated heterocycles. The minimum absolute atomic E-state index is 0.600. The molecule has 5 rings (SSSR count). The van der Waals surface area contributed by atoms with Crippen LogP contribution in [0.2, 0.25) is 0 Å². The molecule has 0 aliphatic rings. The lowest BCUT2D eigenvalue weighted by atomic mass is 9.89. The molecule has 5 aromatic carbocycles. The lowest BCUT2D eigenvalue weighted by Crippen LogP contribution is -1.87. The summed E-state index contributed by atoms with van der Waals surface area (Å²) in [5.41, 5.74) is 1.31. The van der Waals surface area contributed by atoms with Gasteiger partial charge in [0.2, 0.25) is 0 Å².